The maximum atomic E-state index is 12.6. The number of rotatable bonds is 5. The van der Waals surface area contributed by atoms with E-state index in [1.807, 2.05) is 23.1 Å². The molecule has 0 saturated carbocycles. The molecule has 0 radical (unpaired) electrons. The molecule has 1 amide bonds. The zero-order valence-corrected chi connectivity index (χ0v) is 16.1. The van der Waals surface area contributed by atoms with Crippen molar-refractivity contribution in [3.63, 3.8) is 0 Å². The van der Waals surface area contributed by atoms with Gasteiger partial charge in [-0.2, -0.15) is 4.98 Å². The van der Waals surface area contributed by atoms with Crippen molar-refractivity contribution in [2.45, 2.75) is 24.9 Å². The van der Waals surface area contributed by atoms with Crippen LogP contribution in [0.1, 0.15) is 24.3 Å². The summed E-state index contributed by atoms with van der Waals surface area (Å²) < 4.78 is 11.3. The lowest BCUT2D eigenvalue weighted by molar-refractivity contribution is -0.138. The van der Waals surface area contributed by atoms with Crippen LogP contribution < -0.4 is 0 Å². The van der Waals surface area contributed by atoms with Crippen molar-refractivity contribution in [1.29, 1.82) is 0 Å². The van der Waals surface area contributed by atoms with Gasteiger partial charge in [-0.3, -0.25) is 9.78 Å². The number of amides is 1. The Morgan fingerprint density at radius 1 is 1.21 bits per heavy atom. The fourth-order valence-electron chi connectivity index (χ4n) is 3.53. The van der Waals surface area contributed by atoms with Crippen LogP contribution in [0.25, 0.3) is 11.5 Å². The number of benzene rings is 1. The average molecular weight is 394 g/mol. The van der Waals surface area contributed by atoms with Gasteiger partial charge in [0.2, 0.25) is 11.7 Å². The minimum absolute atomic E-state index is 0.0418. The molecule has 150 valence electrons. The molecule has 0 spiro atoms. The number of carbonyl (C=O) groups is 1. The summed E-state index contributed by atoms with van der Waals surface area (Å²) in [7, 11) is 1.62. The molecular formula is C21H22N4O4. The van der Waals surface area contributed by atoms with Crippen molar-refractivity contribution >= 4 is 5.91 Å². The lowest BCUT2D eigenvalue weighted by atomic mass is 9.90. The highest BCUT2D eigenvalue weighted by Crippen LogP contribution is 2.36. The highest BCUT2D eigenvalue weighted by atomic mass is 16.5. The zero-order valence-electron chi connectivity index (χ0n) is 16.1. The number of aromatic nitrogens is 3. The second kappa shape index (κ2) is 8.00. The molecular weight excluding hydrogens is 372 g/mol. The minimum Gasteiger partial charge on any atom is -0.508 e. The van der Waals surface area contributed by atoms with Crippen LogP contribution in [0.15, 0.2) is 53.2 Å². The van der Waals surface area contributed by atoms with Crippen LogP contribution in [-0.2, 0) is 21.6 Å². The highest BCUT2D eigenvalue weighted by Gasteiger charge is 2.42. The van der Waals surface area contributed by atoms with E-state index in [4.69, 9.17) is 9.26 Å². The number of likely N-dealkylation sites (tertiary alicyclic amines) is 1. The number of phenols is 1. The Hall–Kier alpha value is -3.26. The van der Waals surface area contributed by atoms with Gasteiger partial charge in [0, 0.05) is 39.2 Å². The standard InChI is InChI=1S/C21H22N4O4/c1-28-21(20-23-19(24-29-20)17-4-2-3-11-22-17)9-12-25(13-10-21)18(27)14-15-5-7-16(26)8-6-15/h2-8,11,26H,9-10,12-14H2,1H3. The minimum atomic E-state index is -0.713. The van der Waals surface area contributed by atoms with Crippen LogP contribution in [0.2, 0.25) is 0 Å². The summed E-state index contributed by atoms with van der Waals surface area (Å²) in [6.45, 7) is 1.07. The fourth-order valence-corrected chi connectivity index (χ4v) is 3.53. The number of phenolic OH excluding ortho intramolecular Hbond substituents is 1. The van der Waals surface area contributed by atoms with E-state index in [2.05, 4.69) is 15.1 Å². The molecule has 8 heteroatoms. The molecule has 3 heterocycles. The molecule has 4 rings (SSSR count). The number of aromatic hydroxyl groups is 1. The summed E-state index contributed by atoms with van der Waals surface area (Å²) in [5.41, 5.74) is 0.790. The third-order valence-corrected chi connectivity index (χ3v) is 5.32. The first-order chi connectivity index (χ1) is 14.1. The van der Waals surface area contributed by atoms with Gasteiger partial charge in [-0.1, -0.05) is 23.4 Å². The third-order valence-electron chi connectivity index (χ3n) is 5.32. The van der Waals surface area contributed by atoms with Gasteiger partial charge in [0.25, 0.3) is 5.89 Å². The van der Waals surface area contributed by atoms with Crippen LogP contribution in [0.5, 0.6) is 5.75 Å². The normalized spacial score (nSPS) is 16.0. The predicted octanol–water partition coefficient (Wildman–Crippen LogP) is 2.54. The molecule has 1 fully saturated rings. The summed E-state index contributed by atoms with van der Waals surface area (Å²) in [6.07, 6.45) is 3.10. The molecule has 1 aliphatic heterocycles. The Morgan fingerprint density at radius 2 is 1.97 bits per heavy atom. The fraction of sp³-hybridized carbons (Fsp3) is 0.333. The van der Waals surface area contributed by atoms with Crippen molar-refractivity contribution in [2.75, 3.05) is 20.2 Å². The summed E-state index contributed by atoms with van der Waals surface area (Å²) in [4.78, 5) is 23.2. The molecule has 3 aromatic rings. The molecule has 1 aromatic carbocycles. The monoisotopic (exact) mass is 394 g/mol. The maximum Gasteiger partial charge on any atom is 0.259 e. The van der Waals surface area contributed by atoms with Crippen molar-refractivity contribution < 1.29 is 19.2 Å². The van der Waals surface area contributed by atoms with Crippen molar-refractivity contribution in [3.8, 4) is 17.3 Å². The molecule has 0 atom stereocenters. The summed E-state index contributed by atoms with van der Waals surface area (Å²) in [6, 6.07) is 12.2. The largest absolute Gasteiger partial charge is 0.508 e. The molecule has 29 heavy (non-hydrogen) atoms. The van der Waals surface area contributed by atoms with E-state index in [-0.39, 0.29) is 11.7 Å². The Morgan fingerprint density at radius 3 is 2.62 bits per heavy atom. The Labute approximate surface area is 168 Å². The number of methoxy groups -OCH3 is 1. The van der Waals surface area contributed by atoms with E-state index in [1.165, 1.54) is 0 Å². The molecule has 0 unspecified atom stereocenters. The van der Waals surface area contributed by atoms with Crippen molar-refractivity contribution in [3.05, 3.63) is 60.1 Å². The quantitative estimate of drug-likeness (QED) is 0.709. The van der Waals surface area contributed by atoms with Gasteiger partial charge >= 0.3 is 0 Å². The Balaban J connectivity index is 1.43. The first kappa shape index (κ1) is 19.1. The topological polar surface area (TPSA) is 102 Å². The summed E-state index contributed by atoms with van der Waals surface area (Å²) in [5, 5.41) is 13.4. The van der Waals surface area contributed by atoms with Crippen LogP contribution in [0, 0.1) is 0 Å². The van der Waals surface area contributed by atoms with E-state index in [1.54, 1.807) is 37.6 Å². The van der Waals surface area contributed by atoms with Crippen molar-refractivity contribution in [2.24, 2.45) is 0 Å². The predicted molar refractivity (Wildman–Crippen MR) is 104 cm³/mol. The van der Waals surface area contributed by atoms with Crippen LogP contribution in [0.4, 0.5) is 0 Å². The third kappa shape index (κ3) is 3.97. The van der Waals surface area contributed by atoms with E-state index in [0.717, 1.165) is 5.56 Å². The lowest BCUT2D eigenvalue weighted by Crippen LogP contribution is -2.46. The number of piperidine rings is 1. The van der Waals surface area contributed by atoms with Gasteiger partial charge in [0.15, 0.2) is 0 Å². The molecule has 8 nitrogen and oxygen atoms in total. The van der Waals surface area contributed by atoms with Gasteiger partial charge in [0.1, 0.15) is 17.0 Å². The Bertz CT molecular complexity index is 964. The number of ether oxygens (including phenoxy) is 1. The van der Waals surface area contributed by atoms with Crippen molar-refractivity contribution in [1.82, 2.24) is 20.0 Å². The van der Waals surface area contributed by atoms with Crippen LogP contribution in [-0.4, -0.2) is 51.2 Å². The van der Waals surface area contributed by atoms with Crippen LogP contribution in [0.3, 0.4) is 0 Å². The number of pyridine rings is 1. The molecule has 1 N–H and O–H groups in total. The van der Waals surface area contributed by atoms with Gasteiger partial charge in [-0.25, -0.2) is 0 Å². The number of hydrogen-bond acceptors (Lipinski definition) is 7. The number of hydrogen-bond donors (Lipinski definition) is 1. The smallest absolute Gasteiger partial charge is 0.259 e. The van der Waals surface area contributed by atoms with E-state index in [9.17, 15) is 9.90 Å². The average Bonchev–Trinajstić information content (AvgIpc) is 3.27. The van der Waals surface area contributed by atoms with E-state index in [0.29, 0.717) is 49.8 Å². The molecule has 0 bridgehead atoms. The lowest BCUT2D eigenvalue weighted by Gasteiger charge is -2.38. The van der Waals surface area contributed by atoms with E-state index < -0.39 is 5.60 Å². The van der Waals surface area contributed by atoms with Gasteiger partial charge in [0.05, 0.1) is 6.42 Å². The summed E-state index contributed by atoms with van der Waals surface area (Å²) in [5.74, 6) is 1.06. The maximum absolute atomic E-state index is 12.6. The number of nitrogens with zero attached hydrogens (tertiary/aromatic N) is 4. The second-order valence-electron chi connectivity index (χ2n) is 7.06. The molecule has 0 aliphatic carbocycles. The Kier molecular flexibility index (Phi) is 5.26. The SMILES string of the molecule is COC1(c2nc(-c3ccccn3)no2)CCN(C(=O)Cc2ccc(O)cc2)CC1. The zero-order chi connectivity index (χ0) is 20.3. The highest BCUT2D eigenvalue weighted by molar-refractivity contribution is 5.79. The van der Waals surface area contributed by atoms with Crippen LogP contribution >= 0.6 is 0 Å². The van der Waals surface area contributed by atoms with Gasteiger partial charge in [-0.05, 0) is 29.8 Å². The molecule has 1 saturated heterocycles. The molecule has 2 aromatic heterocycles. The first-order valence-corrected chi connectivity index (χ1v) is 9.46. The number of carbonyl (C=O) groups excluding carboxylic acids is 1. The van der Waals surface area contributed by atoms with Gasteiger partial charge < -0.3 is 19.3 Å². The molecule has 1 aliphatic rings. The first-order valence-electron chi connectivity index (χ1n) is 9.46. The van der Waals surface area contributed by atoms with Gasteiger partial charge in [-0.15, -0.1) is 0 Å². The summed E-state index contributed by atoms with van der Waals surface area (Å²) >= 11 is 0. The van der Waals surface area contributed by atoms with E-state index >= 15 is 0 Å². The second-order valence-corrected chi connectivity index (χ2v) is 7.06.